The predicted octanol–water partition coefficient (Wildman–Crippen LogP) is 3.96. The summed E-state index contributed by atoms with van der Waals surface area (Å²) in [4.78, 5) is 12.8. The number of halogens is 1. The third-order valence-electron chi connectivity index (χ3n) is 4.36. The molecule has 132 valence electrons. The van der Waals surface area contributed by atoms with Gasteiger partial charge in [0.1, 0.15) is 5.82 Å². The van der Waals surface area contributed by atoms with E-state index in [0.717, 1.165) is 27.0 Å². The van der Waals surface area contributed by atoms with Crippen molar-refractivity contribution in [2.24, 2.45) is 0 Å². The average Bonchev–Trinajstić information content (AvgIpc) is 3.13. The number of para-hydroxylation sites is 1. The van der Waals surface area contributed by atoms with Gasteiger partial charge in [0.2, 0.25) is 0 Å². The highest BCUT2D eigenvalue weighted by atomic mass is 79.9. The lowest BCUT2D eigenvalue weighted by atomic mass is 10.2. The third kappa shape index (κ3) is 3.01. The molecule has 1 amide bonds. The highest BCUT2D eigenvalue weighted by molar-refractivity contribution is 9.10. The molecule has 1 aliphatic heterocycles. The Morgan fingerprint density at radius 2 is 1.88 bits per heavy atom. The minimum Gasteiger partial charge on any atom is -0.306 e. The molecule has 0 spiro atoms. The van der Waals surface area contributed by atoms with E-state index in [4.69, 9.17) is 0 Å². The summed E-state index contributed by atoms with van der Waals surface area (Å²) in [5.74, 6) is 1.20. The first-order valence-electron chi connectivity index (χ1n) is 8.12. The SMILES string of the molecule is Cc1ccccc1-n1nc2c(c1NC(=O)c1ccccc1Br)CS(=O)C2. The zero-order valence-corrected chi connectivity index (χ0v) is 16.4. The number of benzene rings is 2. The van der Waals surface area contributed by atoms with E-state index in [1.165, 1.54) is 0 Å². The van der Waals surface area contributed by atoms with E-state index in [1.54, 1.807) is 10.7 Å². The quantitative estimate of drug-likeness (QED) is 0.684. The number of anilines is 1. The number of nitrogens with zero attached hydrogens (tertiary/aromatic N) is 2. The molecule has 5 nitrogen and oxygen atoms in total. The maximum Gasteiger partial charge on any atom is 0.257 e. The summed E-state index contributed by atoms with van der Waals surface area (Å²) in [7, 11) is -0.969. The van der Waals surface area contributed by atoms with Crippen molar-refractivity contribution in [3.8, 4) is 5.69 Å². The number of hydrogen-bond acceptors (Lipinski definition) is 3. The number of carbonyl (C=O) groups is 1. The van der Waals surface area contributed by atoms with Crippen molar-refractivity contribution < 1.29 is 9.00 Å². The Bertz CT molecular complexity index is 1050. The Labute approximate surface area is 162 Å². The predicted molar refractivity (Wildman–Crippen MR) is 106 cm³/mol. The van der Waals surface area contributed by atoms with Crippen molar-refractivity contribution in [1.82, 2.24) is 9.78 Å². The lowest BCUT2D eigenvalue weighted by molar-refractivity contribution is 0.102. The van der Waals surface area contributed by atoms with Gasteiger partial charge < -0.3 is 5.32 Å². The molecule has 1 atom stereocenters. The van der Waals surface area contributed by atoms with Crippen LogP contribution in [0.1, 0.15) is 27.2 Å². The summed E-state index contributed by atoms with van der Waals surface area (Å²) < 4.78 is 14.5. The Morgan fingerprint density at radius 1 is 1.15 bits per heavy atom. The second-order valence-corrected chi connectivity index (χ2v) is 8.45. The molecule has 3 aromatic rings. The van der Waals surface area contributed by atoms with Gasteiger partial charge in [0.25, 0.3) is 5.91 Å². The Kier molecular flexibility index (Phi) is 4.50. The normalized spacial score (nSPS) is 15.7. The molecule has 0 bridgehead atoms. The monoisotopic (exact) mass is 429 g/mol. The molecule has 2 heterocycles. The van der Waals surface area contributed by atoms with Crippen molar-refractivity contribution in [2.75, 3.05) is 5.32 Å². The Hall–Kier alpha value is -2.25. The van der Waals surface area contributed by atoms with Crippen LogP contribution in [-0.4, -0.2) is 19.9 Å². The summed E-state index contributed by atoms with van der Waals surface area (Å²) in [5, 5.41) is 7.63. The molecular weight excluding hydrogens is 414 g/mol. The van der Waals surface area contributed by atoms with Crippen LogP contribution in [0.25, 0.3) is 5.69 Å². The number of amides is 1. The topological polar surface area (TPSA) is 64.0 Å². The summed E-state index contributed by atoms with van der Waals surface area (Å²) in [6.07, 6.45) is 0. The van der Waals surface area contributed by atoms with Gasteiger partial charge in [0.15, 0.2) is 0 Å². The van der Waals surface area contributed by atoms with E-state index < -0.39 is 10.8 Å². The van der Waals surface area contributed by atoms with E-state index in [9.17, 15) is 9.00 Å². The second-order valence-electron chi connectivity index (χ2n) is 6.13. The fourth-order valence-corrected chi connectivity index (χ4v) is 4.78. The number of aromatic nitrogens is 2. The smallest absolute Gasteiger partial charge is 0.257 e. The maximum atomic E-state index is 12.8. The number of rotatable bonds is 3. The van der Waals surface area contributed by atoms with Gasteiger partial charge in [0.05, 0.1) is 28.5 Å². The van der Waals surface area contributed by atoms with Crippen molar-refractivity contribution >= 4 is 38.5 Å². The minimum absolute atomic E-state index is 0.229. The number of hydrogen-bond donors (Lipinski definition) is 1. The van der Waals surface area contributed by atoms with E-state index in [2.05, 4.69) is 26.3 Å². The van der Waals surface area contributed by atoms with Crippen molar-refractivity contribution in [1.29, 1.82) is 0 Å². The van der Waals surface area contributed by atoms with Gasteiger partial charge >= 0.3 is 0 Å². The van der Waals surface area contributed by atoms with E-state index in [-0.39, 0.29) is 5.91 Å². The first-order valence-corrected chi connectivity index (χ1v) is 10.4. The van der Waals surface area contributed by atoms with Gasteiger partial charge in [-0.1, -0.05) is 30.3 Å². The molecule has 2 aromatic carbocycles. The summed E-state index contributed by atoms with van der Waals surface area (Å²) in [6, 6.07) is 15.1. The van der Waals surface area contributed by atoms with Crippen LogP contribution in [0.2, 0.25) is 0 Å². The minimum atomic E-state index is -0.969. The molecule has 1 aromatic heterocycles. The highest BCUT2D eigenvalue weighted by Crippen LogP contribution is 2.32. The summed E-state index contributed by atoms with van der Waals surface area (Å²) >= 11 is 3.42. The fraction of sp³-hybridized carbons (Fsp3) is 0.158. The Morgan fingerprint density at radius 3 is 2.65 bits per heavy atom. The van der Waals surface area contributed by atoms with Gasteiger partial charge in [-0.05, 0) is 46.6 Å². The van der Waals surface area contributed by atoms with Crippen LogP contribution in [0.15, 0.2) is 53.0 Å². The molecule has 0 saturated heterocycles. The molecule has 0 aliphatic carbocycles. The lowest BCUT2D eigenvalue weighted by Crippen LogP contribution is -2.17. The zero-order chi connectivity index (χ0) is 18.3. The Balaban J connectivity index is 1.80. The van der Waals surface area contributed by atoms with Crippen molar-refractivity contribution in [2.45, 2.75) is 18.4 Å². The van der Waals surface area contributed by atoms with Crippen LogP contribution in [0.3, 0.4) is 0 Å². The van der Waals surface area contributed by atoms with Crippen LogP contribution in [0, 0.1) is 6.92 Å². The molecule has 1 unspecified atom stereocenters. The van der Waals surface area contributed by atoms with E-state index in [0.29, 0.717) is 22.9 Å². The standard InChI is InChI=1S/C19H16BrN3O2S/c1-12-6-2-5-9-17(12)23-18(14-10-26(25)11-16(14)22-23)21-19(24)13-7-3-4-8-15(13)20/h2-9H,10-11H2,1H3,(H,21,24). The second kappa shape index (κ2) is 6.81. The van der Waals surface area contributed by atoms with Gasteiger partial charge in [-0.3, -0.25) is 9.00 Å². The van der Waals surface area contributed by atoms with E-state index in [1.807, 2.05) is 49.4 Å². The zero-order valence-electron chi connectivity index (χ0n) is 14.0. The number of nitrogens with one attached hydrogen (secondary N) is 1. The number of aryl methyl sites for hydroxylation is 1. The maximum absolute atomic E-state index is 12.8. The van der Waals surface area contributed by atoms with Crippen molar-refractivity contribution in [3.05, 3.63) is 75.4 Å². The molecule has 0 saturated carbocycles. The molecule has 1 N–H and O–H groups in total. The first-order chi connectivity index (χ1) is 12.5. The van der Waals surface area contributed by atoms with Crippen LogP contribution < -0.4 is 5.32 Å². The van der Waals surface area contributed by atoms with Gasteiger partial charge in [-0.15, -0.1) is 0 Å². The largest absolute Gasteiger partial charge is 0.306 e. The third-order valence-corrected chi connectivity index (χ3v) is 6.26. The average molecular weight is 430 g/mol. The van der Waals surface area contributed by atoms with Gasteiger partial charge in [-0.2, -0.15) is 5.10 Å². The van der Waals surface area contributed by atoms with Crippen LogP contribution in [-0.2, 0) is 22.3 Å². The van der Waals surface area contributed by atoms with Crippen LogP contribution >= 0.6 is 15.9 Å². The fourth-order valence-electron chi connectivity index (χ4n) is 3.05. The van der Waals surface area contributed by atoms with Crippen LogP contribution in [0.4, 0.5) is 5.82 Å². The van der Waals surface area contributed by atoms with Crippen LogP contribution in [0.5, 0.6) is 0 Å². The van der Waals surface area contributed by atoms with Crippen molar-refractivity contribution in [3.63, 3.8) is 0 Å². The lowest BCUT2D eigenvalue weighted by Gasteiger charge is -2.13. The van der Waals surface area contributed by atoms with Gasteiger partial charge in [0, 0.05) is 20.8 Å². The number of fused-ring (bicyclic) bond motifs is 1. The molecule has 0 fully saturated rings. The van der Waals surface area contributed by atoms with E-state index >= 15 is 0 Å². The molecule has 1 aliphatic rings. The first kappa shape index (κ1) is 17.2. The molecule has 7 heteroatoms. The number of carbonyl (C=O) groups excluding carboxylic acids is 1. The summed E-state index contributed by atoms with van der Waals surface area (Å²) in [6.45, 7) is 2.00. The molecule has 26 heavy (non-hydrogen) atoms. The molecule has 4 rings (SSSR count). The molecular formula is C19H16BrN3O2S. The summed E-state index contributed by atoms with van der Waals surface area (Å²) in [5.41, 5.74) is 4.13. The van der Waals surface area contributed by atoms with Gasteiger partial charge in [-0.25, -0.2) is 4.68 Å². The highest BCUT2D eigenvalue weighted by Gasteiger charge is 2.29. The molecule has 0 radical (unpaired) electrons.